The molecule has 0 spiro atoms. The van der Waals surface area contributed by atoms with Crippen LogP contribution in [0.2, 0.25) is 0 Å². The summed E-state index contributed by atoms with van der Waals surface area (Å²) in [4.78, 5) is 14.6. The molecule has 1 aliphatic rings. The van der Waals surface area contributed by atoms with Gasteiger partial charge in [0.05, 0.1) is 18.9 Å². The minimum absolute atomic E-state index is 0.0430. The molecule has 0 unspecified atom stereocenters. The van der Waals surface area contributed by atoms with Gasteiger partial charge in [-0.1, -0.05) is 12.1 Å². The van der Waals surface area contributed by atoms with Gasteiger partial charge in [-0.05, 0) is 23.8 Å². The molecule has 2 heterocycles. The molecular weight excluding hydrogens is 334 g/mol. The number of aromatic nitrogens is 2. The van der Waals surface area contributed by atoms with Crippen LogP contribution in [0.5, 0.6) is 5.75 Å². The highest BCUT2D eigenvalue weighted by Crippen LogP contribution is 2.24. The van der Waals surface area contributed by atoms with Crippen LogP contribution in [0.15, 0.2) is 36.7 Å². The Bertz CT molecular complexity index is 764. The summed E-state index contributed by atoms with van der Waals surface area (Å²) in [7, 11) is 3.50. The SMILES string of the molecule is COc1ccc(/C=C/C(=O)c2cnn(C)c2)cc1CN1CCSCC1. The van der Waals surface area contributed by atoms with Gasteiger partial charge in [-0.2, -0.15) is 16.9 Å². The number of nitrogens with zero attached hydrogens (tertiary/aromatic N) is 3. The highest BCUT2D eigenvalue weighted by atomic mass is 32.2. The van der Waals surface area contributed by atoms with E-state index in [1.54, 1.807) is 37.3 Å². The van der Waals surface area contributed by atoms with Crippen molar-refractivity contribution in [1.82, 2.24) is 14.7 Å². The molecule has 0 radical (unpaired) electrons. The van der Waals surface area contributed by atoms with Crippen molar-refractivity contribution in [1.29, 1.82) is 0 Å². The standard InChI is InChI=1S/C19H23N3O2S/c1-21-13-17(12-20-21)18(23)5-3-15-4-6-19(24-2)16(11-15)14-22-7-9-25-10-8-22/h3-6,11-13H,7-10,14H2,1-2H3/b5-3+. The number of allylic oxidation sites excluding steroid dienone is 1. The average molecular weight is 357 g/mol. The molecule has 0 saturated carbocycles. The van der Waals surface area contributed by atoms with Crippen molar-refractivity contribution in [2.45, 2.75) is 6.54 Å². The molecule has 132 valence electrons. The number of ether oxygens (including phenoxy) is 1. The van der Waals surface area contributed by atoms with Crippen molar-refractivity contribution in [2.75, 3.05) is 31.7 Å². The van der Waals surface area contributed by atoms with Gasteiger partial charge in [-0.3, -0.25) is 14.4 Å². The molecule has 2 aromatic rings. The normalized spacial score (nSPS) is 15.6. The number of rotatable bonds is 6. The summed E-state index contributed by atoms with van der Waals surface area (Å²) in [5, 5.41) is 4.03. The zero-order chi connectivity index (χ0) is 17.6. The Labute approximate surface area is 152 Å². The number of methoxy groups -OCH3 is 1. The van der Waals surface area contributed by atoms with Gasteiger partial charge in [-0.25, -0.2) is 0 Å². The first kappa shape index (κ1) is 17.8. The van der Waals surface area contributed by atoms with E-state index in [1.165, 1.54) is 11.5 Å². The number of ketones is 1. The van der Waals surface area contributed by atoms with Crippen molar-refractivity contribution in [2.24, 2.45) is 7.05 Å². The minimum atomic E-state index is -0.0430. The van der Waals surface area contributed by atoms with Crippen LogP contribution in [-0.4, -0.2) is 52.2 Å². The quantitative estimate of drug-likeness (QED) is 0.588. The first-order valence-electron chi connectivity index (χ1n) is 8.34. The summed E-state index contributed by atoms with van der Waals surface area (Å²) in [5.41, 5.74) is 2.75. The van der Waals surface area contributed by atoms with Crippen LogP contribution in [0.4, 0.5) is 0 Å². The molecule has 1 aliphatic heterocycles. The van der Waals surface area contributed by atoms with Crippen molar-refractivity contribution in [3.8, 4) is 5.75 Å². The molecule has 0 bridgehead atoms. The van der Waals surface area contributed by atoms with Crippen LogP contribution < -0.4 is 4.74 Å². The number of benzene rings is 1. The number of hydrogen-bond donors (Lipinski definition) is 0. The molecule has 5 nitrogen and oxygen atoms in total. The summed E-state index contributed by atoms with van der Waals surface area (Å²) < 4.78 is 7.13. The summed E-state index contributed by atoms with van der Waals surface area (Å²) in [6.45, 7) is 3.09. The van der Waals surface area contributed by atoms with E-state index in [0.29, 0.717) is 5.56 Å². The highest BCUT2D eigenvalue weighted by molar-refractivity contribution is 7.99. The zero-order valence-electron chi connectivity index (χ0n) is 14.6. The molecule has 6 heteroatoms. The van der Waals surface area contributed by atoms with Crippen molar-refractivity contribution >= 4 is 23.6 Å². The van der Waals surface area contributed by atoms with E-state index in [-0.39, 0.29) is 5.78 Å². The van der Waals surface area contributed by atoms with Gasteiger partial charge in [0.1, 0.15) is 5.75 Å². The molecule has 1 fully saturated rings. The highest BCUT2D eigenvalue weighted by Gasteiger charge is 2.13. The molecule has 0 atom stereocenters. The van der Waals surface area contributed by atoms with Crippen LogP contribution in [0.1, 0.15) is 21.5 Å². The molecular formula is C19H23N3O2S. The monoisotopic (exact) mass is 357 g/mol. The van der Waals surface area contributed by atoms with Gasteiger partial charge in [-0.15, -0.1) is 0 Å². The fourth-order valence-electron chi connectivity index (χ4n) is 2.84. The Kier molecular flexibility index (Phi) is 5.94. The lowest BCUT2D eigenvalue weighted by Crippen LogP contribution is -2.32. The maximum Gasteiger partial charge on any atom is 0.189 e. The van der Waals surface area contributed by atoms with Crippen molar-refractivity contribution in [3.63, 3.8) is 0 Å². The van der Waals surface area contributed by atoms with Gasteiger partial charge in [0.15, 0.2) is 5.78 Å². The largest absolute Gasteiger partial charge is 0.496 e. The van der Waals surface area contributed by atoms with E-state index in [1.807, 2.05) is 30.0 Å². The Balaban J connectivity index is 1.74. The summed E-state index contributed by atoms with van der Waals surface area (Å²) in [6.07, 6.45) is 6.76. The van der Waals surface area contributed by atoms with Gasteiger partial charge >= 0.3 is 0 Å². The van der Waals surface area contributed by atoms with Crippen LogP contribution in [0, 0.1) is 0 Å². The maximum absolute atomic E-state index is 12.2. The maximum atomic E-state index is 12.2. The fraction of sp³-hybridized carbons (Fsp3) is 0.368. The fourth-order valence-corrected chi connectivity index (χ4v) is 3.82. The predicted octanol–water partition coefficient (Wildman–Crippen LogP) is 2.87. The smallest absolute Gasteiger partial charge is 0.189 e. The minimum Gasteiger partial charge on any atom is -0.496 e. The number of thioether (sulfide) groups is 1. The Hall–Kier alpha value is -2.05. The molecule has 0 amide bonds. The van der Waals surface area contributed by atoms with Crippen LogP contribution in [-0.2, 0) is 13.6 Å². The Morgan fingerprint density at radius 3 is 2.84 bits per heavy atom. The van der Waals surface area contributed by atoms with E-state index in [9.17, 15) is 4.79 Å². The van der Waals surface area contributed by atoms with E-state index < -0.39 is 0 Å². The van der Waals surface area contributed by atoms with Crippen LogP contribution >= 0.6 is 11.8 Å². The number of carbonyl (C=O) groups is 1. The molecule has 0 N–H and O–H groups in total. The summed E-state index contributed by atoms with van der Waals surface area (Å²) in [6, 6.07) is 6.05. The van der Waals surface area contributed by atoms with E-state index in [4.69, 9.17) is 4.74 Å². The van der Waals surface area contributed by atoms with Gasteiger partial charge in [0.25, 0.3) is 0 Å². The second kappa shape index (κ2) is 8.36. The lowest BCUT2D eigenvalue weighted by Gasteiger charge is -2.26. The summed E-state index contributed by atoms with van der Waals surface area (Å²) in [5.74, 6) is 3.22. The number of carbonyl (C=O) groups excluding carboxylic acids is 1. The van der Waals surface area contributed by atoms with Crippen LogP contribution in [0.25, 0.3) is 6.08 Å². The Morgan fingerprint density at radius 2 is 2.16 bits per heavy atom. The van der Waals surface area contributed by atoms with E-state index in [2.05, 4.69) is 16.1 Å². The van der Waals surface area contributed by atoms with E-state index >= 15 is 0 Å². The number of hydrogen-bond acceptors (Lipinski definition) is 5. The molecule has 25 heavy (non-hydrogen) atoms. The topological polar surface area (TPSA) is 47.4 Å². The molecule has 0 aliphatic carbocycles. The third kappa shape index (κ3) is 4.74. The summed E-state index contributed by atoms with van der Waals surface area (Å²) >= 11 is 2.00. The first-order valence-corrected chi connectivity index (χ1v) is 9.49. The molecule has 3 rings (SSSR count). The van der Waals surface area contributed by atoms with Gasteiger partial charge < -0.3 is 4.74 Å². The Morgan fingerprint density at radius 1 is 1.36 bits per heavy atom. The van der Waals surface area contributed by atoms with Crippen LogP contribution in [0.3, 0.4) is 0 Å². The average Bonchev–Trinajstić information content (AvgIpc) is 3.07. The van der Waals surface area contributed by atoms with Crippen molar-refractivity contribution in [3.05, 3.63) is 53.4 Å². The molecule has 1 saturated heterocycles. The second-order valence-electron chi connectivity index (χ2n) is 6.06. The first-order chi connectivity index (χ1) is 12.2. The van der Waals surface area contributed by atoms with Gasteiger partial charge in [0.2, 0.25) is 0 Å². The molecule has 1 aromatic heterocycles. The molecule has 1 aromatic carbocycles. The van der Waals surface area contributed by atoms with Crippen molar-refractivity contribution < 1.29 is 9.53 Å². The zero-order valence-corrected chi connectivity index (χ0v) is 15.5. The third-order valence-corrected chi connectivity index (χ3v) is 5.16. The lowest BCUT2D eigenvalue weighted by molar-refractivity contribution is 0.104. The predicted molar refractivity (Wildman–Crippen MR) is 102 cm³/mol. The number of aryl methyl sites for hydroxylation is 1. The van der Waals surface area contributed by atoms with Gasteiger partial charge in [0, 0.05) is 49.9 Å². The third-order valence-electron chi connectivity index (χ3n) is 4.22. The van der Waals surface area contributed by atoms with E-state index in [0.717, 1.165) is 36.5 Å². The second-order valence-corrected chi connectivity index (χ2v) is 7.28. The lowest BCUT2D eigenvalue weighted by atomic mass is 10.1.